The molecular weight excluding hydrogens is 366 g/mol. The van der Waals surface area contributed by atoms with Crippen LogP contribution in [0.1, 0.15) is 31.7 Å². The maximum Gasteiger partial charge on any atom is 0.229 e. The quantitative estimate of drug-likeness (QED) is 0.745. The summed E-state index contributed by atoms with van der Waals surface area (Å²) < 4.78 is 6.27. The minimum Gasteiger partial charge on any atom is -0.373 e. The van der Waals surface area contributed by atoms with Gasteiger partial charge >= 0.3 is 0 Å². The molecule has 5 heterocycles. The molecule has 29 heavy (non-hydrogen) atoms. The van der Waals surface area contributed by atoms with Gasteiger partial charge in [-0.15, -0.1) is 0 Å². The lowest BCUT2D eigenvalue weighted by atomic mass is 9.53. The van der Waals surface area contributed by atoms with E-state index in [2.05, 4.69) is 27.3 Å². The number of carbonyl (C=O) groups excluding carboxylic acids is 2. The number of nitrogens with zero attached hydrogens (tertiary/aromatic N) is 2. The number of rotatable bonds is 1. The van der Waals surface area contributed by atoms with E-state index in [1.165, 1.54) is 24.5 Å². The Balaban J connectivity index is 1.47. The van der Waals surface area contributed by atoms with Crippen molar-refractivity contribution in [1.82, 2.24) is 4.90 Å². The van der Waals surface area contributed by atoms with Gasteiger partial charge in [0.25, 0.3) is 0 Å². The van der Waals surface area contributed by atoms with Crippen molar-refractivity contribution in [3.8, 4) is 0 Å². The molecule has 1 aliphatic carbocycles. The lowest BCUT2D eigenvalue weighted by Gasteiger charge is -2.58. The SMILES string of the molecule is CC(=O)Nc1ccc2c(c1)N1C(=O)C[C@@H]3OCC=C4CN5CCC26[C@@H]5C[C@@H]4C3[C@H]16. The summed E-state index contributed by atoms with van der Waals surface area (Å²) in [6.45, 7) is 4.32. The van der Waals surface area contributed by atoms with Crippen molar-refractivity contribution in [1.29, 1.82) is 0 Å². The molecule has 3 saturated heterocycles. The first-order chi connectivity index (χ1) is 14.1. The average molecular weight is 391 g/mol. The zero-order chi connectivity index (χ0) is 19.5. The Morgan fingerprint density at radius 2 is 2.24 bits per heavy atom. The van der Waals surface area contributed by atoms with E-state index in [0.29, 0.717) is 30.9 Å². The number of nitrogens with one attached hydrogen (secondary N) is 1. The van der Waals surface area contributed by atoms with E-state index in [0.717, 1.165) is 30.9 Å². The van der Waals surface area contributed by atoms with Crippen molar-refractivity contribution in [2.24, 2.45) is 11.8 Å². The highest BCUT2D eigenvalue weighted by molar-refractivity contribution is 6.00. The van der Waals surface area contributed by atoms with E-state index in [4.69, 9.17) is 4.74 Å². The Hall–Kier alpha value is -2.18. The summed E-state index contributed by atoms with van der Waals surface area (Å²) in [6.07, 6.45) is 5.07. The summed E-state index contributed by atoms with van der Waals surface area (Å²) >= 11 is 0. The molecule has 1 aromatic rings. The first-order valence-electron chi connectivity index (χ1n) is 10.9. The maximum absolute atomic E-state index is 13.4. The van der Waals surface area contributed by atoms with Crippen LogP contribution in [0.15, 0.2) is 29.8 Å². The largest absolute Gasteiger partial charge is 0.373 e. The molecule has 5 aliphatic heterocycles. The zero-order valence-corrected chi connectivity index (χ0v) is 16.6. The third-order valence-electron chi connectivity index (χ3n) is 8.63. The molecule has 6 atom stereocenters. The molecule has 0 radical (unpaired) electrons. The van der Waals surface area contributed by atoms with Crippen molar-refractivity contribution < 1.29 is 14.3 Å². The number of fused-ring (bicyclic) bond motifs is 2. The second kappa shape index (κ2) is 5.29. The summed E-state index contributed by atoms with van der Waals surface area (Å²) in [6, 6.07) is 6.90. The van der Waals surface area contributed by atoms with Crippen molar-refractivity contribution in [3.63, 3.8) is 0 Å². The number of amides is 2. The number of benzene rings is 1. The van der Waals surface area contributed by atoms with Gasteiger partial charge in [-0.05, 0) is 43.0 Å². The number of anilines is 2. The van der Waals surface area contributed by atoms with Crippen LogP contribution in [-0.4, -0.2) is 54.6 Å². The number of piperidine rings is 2. The van der Waals surface area contributed by atoms with Gasteiger partial charge in [0.15, 0.2) is 0 Å². The second-order valence-electron chi connectivity index (χ2n) is 9.67. The fourth-order valence-electron chi connectivity index (χ4n) is 7.84. The van der Waals surface area contributed by atoms with E-state index < -0.39 is 0 Å². The molecule has 150 valence electrons. The van der Waals surface area contributed by atoms with Crippen LogP contribution in [0.5, 0.6) is 0 Å². The number of carbonyl (C=O) groups is 2. The predicted molar refractivity (Wildman–Crippen MR) is 108 cm³/mol. The normalized spacial score (nSPS) is 41.0. The molecule has 1 N–H and O–H groups in total. The van der Waals surface area contributed by atoms with Crippen LogP contribution in [0.25, 0.3) is 0 Å². The average Bonchev–Trinajstić information content (AvgIpc) is 3.15. The van der Waals surface area contributed by atoms with Crippen molar-refractivity contribution in [2.75, 3.05) is 29.9 Å². The summed E-state index contributed by atoms with van der Waals surface area (Å²) in [5.74, 6) is 0.990. The summed E-state index contributed by atoms with van der Waals surface area (Å²) in [5, 5.41) is 2.91. The molecule has 2 unspecified atom stereocenters. The van der Waals surface area contributed by atoms with Gasteiger partial charge in [0.2, 0.25) is 11.8 Å². The lowest BCUT2D eigenvalue weighted by molar-refractivity contribution is -0.132. The molecule has 2 bridgehead atoms. The topological polar surface area (TPSA) is 61.9 Å². The van der Waals surface area contributed by atoms with Gasteiger partial charge in [0, 0.05) is 42.2 Å². The minimum atomic E-state index is -0.0848. The number of hydrogen-bond donors (Lipinski definition) is 1. The highest BCUT2D eigenvalue weighted by Gasteiger charge is 2.70. The molecule has 6 nitrogen and oxygen atoms in total. The number of ether oxygens (including phenoxy) is 1. The van der Waals surface area contributed by atoms with Crippen molar-refractivity contribution >= 4 is 23.2 Å². The monoisotopic (exact) mass is 391 g/mol. The first kappa shape index (κ1) is 16.6. The molecule has 0 aromatic heterocycles. The van der Waals surface area contributed by atoms with E-state index in [1.807, 2.05) is 12.1 Å². The van der Waals surface area contributed by atoms with Crippen LogP contribution in [-0.2, 0) is 19.7 Å². The van der Waals surface area contributed by atoms with Gasteiger partial charge in [-0.3, -0.25) is 14.5 Å². The van der Waals surface area contributed by atoms with Crippen LogP contribution in [0.2, 0.25) is 0 Å². The van der Waals surface area contributed by atoms with Crippen LogP contribution in [0, 0.1) is 11.8 Å². The van der Waals surface area contributed by atoms with Crippen LogP contribution >= 0.6 is 0 Å². The Morgan fingerprint density at radius 1 is 1.34 bits per heavy atom. The molecule has 1 spiro atoms. The summed E-state index contributed by atoms with van der Waals surface area (Å²) in [7, 11) is 0. The summed E-state index contributed by atoms with van der Waals surface area (Å²) in [5.41, 5.74) is 4.64. The fraction of sp³-hybridized carbons (Fsp3) is 0.565. The molecule has 2 amide bonds. The molecular formula is C23H25N3O3. The Morgan fingerprint density at radius 3 is 3.10 bits per heavy atom. The standard InChI is InChI=1S/C23H25N3O3/c1-12(27)24-14-2-3-16-17(8-14)26-20(28)10-18-21-15-9-19-23(16,22(21)26)5-6-25(19)11-13(15)4-7-29-18/h2-4,8,15,18-19,21-22H,5-7,9-11H2,1H3,(H,24,27)/t15-,18-,19-,21?,22-,23?/m0/s1. The molecule has 6 aliphatic rings. The highest BCUT2D eigenvalue weighted by atomic mass is 16.5. The van der Waals surface area contributed by atoms with Gasteiger partial charge in [-0.1, -0.05) is 17.7 Å². The minimum absolute atomic E-state index is 0.00118. The fourth-order valence-corrected chi connectivity index (χ4v) is 7.84. The maximum atomic E-state index is 13.4. The Kier molecular flexibility index (Phi) is 3.03. The van der Waals surface area contributed by atoms with E-state index >= 15 is 0 Å². The van der Waals surface area contributed by atoms with E-state index in [1.54, 1.807) is 0 Å². The number of hydrogen-bond acceptors (Lipinski definition) is 4. The Labute approximate surface area is 169 Å². The van der Waals surface area contributed by atoms with E-state index in [9.17, 15) is 9.59 Å². The zero-order valence-electron chi connectivity index (χ0n) is 16.6. The van der Waals surface area contributed by atoms with Crippen LogP contribution in [0.4, 0.5) is 11.4 Å². The predicted octanol–water partition coefficient (Wildman–Crippen LogP) is 2.05. The van der Waals surface area contributed by atoms with Crippen LogP contribution in [0.3, 0.4) is 0 Å². The van der Waals surface area contributed by atoms with E-state index in [-0.39, 0.29) is 29.4 Å². The molecule has 6 heteroatoms. The van der Waals surface area contributed by atoms with Gasteiger partial charge in [-0.2, -0.15) is 0 Å². The van der Waals surface area contributed by atoms with Gasteiger partial charge < -0.3 is 15.0 Å². The van der Waals surface area contributed by atoms with Crippen molar-refractivity contribution in [2.45, 2.75) is 49.8 Å². The van der Waals surface area contributed by atoms with Gasteiger partial charge in [0.1, 0.15) is 0 Å². The first-order valence-corrected chi connectivity index (χ1v) is 10.9. The smallest absolute Gasteiger partial charge is 0.229 e. The lowest BCUT2D eigenvalue weighted by Crippen LogP contribution is -2.69. The summed E-state index contributed by atoms with van der Waals surface area (Å²) in [4.78, 5) is 29.8. The third-order valence-corrected chi connectivity index (χ3v) is 8.63. The van der Waals surface area contributed by atoms with Gasteiger partial charge in [0.05, 0.1) is 25.2 Å². The molecule has 4 fully saturated rings. The Bertz CT molecular complexity index is 1000. The highest BCUT2D eigenvalue weighted by Crippen LogP contribution is 2.65. The molecule has 1 saturated carbocycles. The van der Waals surface area contributed by atoms with Crippen LogP contribution < -0.4 is 10.2 Å². The molecule has 1 aromatic carbocycles. The third kappa shape index (κ3) is 1.86. The van der Waals surface area contributed by atoms with Gasteiger partial charge in [-0.25, -0.2) is 0 Å². The van der Waals surface area contributed by atoms with Crippen molar-refractivity contribution in [3.05, 3.63) is 35.4 Å². The second-order valence-corrected chi connectivity index (χ2v) is 9.67. The molecule has 7 rings (SSSR count).